The van der Waals surface area contributed by atoms with Crippen molar-refractivity contribution < 1.29 is 0 Å². The predicted octanol–water partition coefficient (Wildman–Crippen LogP) is 3.44. The molecule has 3 nitrogen and oxygen atoms in total. The largest absolute Gasteiger partial charge is 0.368 e. The molecule has 2 aromatic rings. The summed E-state index contributed by atoms with van der Waals surface area (Å²) in [6.45, 7) is 9.02. The van der Waals surface area contributed by atoms with Crippen molar-refractivity contribution >= 4 is 5.69 Å². The van der Waals surface area contributed by atoms with E-state index in [9.17, 15) is 0 Å². The lowest BCUT2D eigenvalue weighted by molar-refractivity contribution is 0.704. The molecule has 1 aromatic heterocycles. The summed E-state index contributed by atoms with van der Waals surface area (Å²) < 4.78 is 0. The van der Waals surface area contributed by atoms with E-state index in [2.05, 4.69) is 74.4 Å². The Balaban J connectivity index is 2.10. The molecule has 0 aliphatic carbocycles. The molecule has 0 unspecified atom stereocenters. The third kappa shape index (κ3) is 4.30. The van der Waals surface area contributed by atoms with Gasteiger partial charge in [0.1, 0.15) is 0 Å². The average Bonchev–Trinajstić information content (AvgIpc) is 2.45. The number of pyridine rings is 1. The quantitative estimate of drug-likeness (QED) is 0.880. The number of rotatable bonds is 6. The first-order valence-electron chi connectivity index (χ1n) is 7.54. The molecule has 1 heterocycles. The van der Waals surface area contributed by atoms with E-state index in [4.69, 9.17) is 4.98 Å². The smallest absolute Gasteiger partial charge is 0.0600 e. The molecule has 0 aliphatic rings. The van der Waals surface area contributed by atoms with Crippen molar-refractivity contribution in [1.29, 1.82) is 0 Å². The second-order valence-corrected chi connectivity index (χ2v) is 5.55. The Morgan fingerprint density at radius 2 is 1.86 bits per heavy atom. The summed E-state index contributed by atoms with van der Waals surface area (Å²) >= 11 is 0. The third-order valence-electron chi connectivity index (χ3n) is 3.58. The SMILES string of the molecule is CCNCc1cccc(CN(C)c2ccc(C)cc2C)n1. The Kier molecular flexibility index (Phi) is 5.34. The van der Waals surface area contributed by atoms with Gasteiger partial charge < -0.3 is 10.2 Å². The van der Waals surface area contributed by atoms with Crippen LogP contribution in [0, 0.1) is 13.8 Å². The van der Waals surface area contributed by atoms with E-state index in [0.29, 0.717) is 0 Å². The zero-order chi connectivity index (χ0) is 15.2. The lowest BCUT2D eigenvalue weighted by Crippen LogP contribution is -2.19. The van der Waals surface area contributed by atoms with Gasteiger partial charge in [0.25, 0.3) is 0 Å². The van der Waals surface area contributed by atoms with Crippen molar-refractivity contribution in [2.24, 2.45) is 0 Å². The number of benzene rings is 1. The fourth-order valence-electron chi connectivity index (χ4n) is 2.53. The number of nitrogens with one attached hydrogen (secondary N) is 1. The van der Waals surface area contributed by atoms with Crippen LogP contribution in [0.2, 0.25) is 0 Å². The van der Waals surface area contributed by atoms with Crippen LogP contribution in [-0.4, -0.2) is 18.6 Å². The van der Waals surface area contributed by atoms with Gasteiger partial charge in [-0.1, -0.05) is 30.7 Å². The summed E-state index contributed by atoms with van der Waals surface area (Å²) in [4.78, 5) is 6.98. The van der Waals surface area contributed by atoms with Crippen LogP contribution in [0.5, 0.6) is 0 Å². The molecule has 1 N–H and O–H groups in total. The fraction of sp³-hybridized carbons (Fsp3) is 0.389. The highest BCUT2D eigenvalue weighted by atomic mass is 15.1. The minimum absolute atomic E-state index is 0.823. The minimum atomic E-state index is 0.823. The summed E-state index contributed by atoms with van der Waals surface area (Å²) in [6, 6.07) is 12.8. The standard InChI is InChI=1S/C18H25N3/c1-5-19-12-16-7-6-8-17(20-16)13-21(4)18-10-9-14(2)11-15(18)3/h6-11,19H,5,12-13H2,1-4H3. The topological polar surface area (TPSA) is 28.2 Å². The molecule has 0 spiro atoms. The molecule has 0 fully saturated rings. The lowest BCUT2D eigenvalue weighted by atomic mass is 10.1. The van der Waals surface area contributed by atoms with E-state index in [1.54, 1.807) is 0 Å². The normalized spacial score (nSPS) is 10.7. The molecule has 0 amide bonds. The molecular formula is C18H25N3. The molecule has 112 valence electrons. The van der Waals surface area contributed by atoms with Gasteiger partial charge >= 0.3 is 0 Å². The molecule has 0 aliphatic heterocycles. The molecule has 0 bridgehead atoms. The van der Waals surface area contributed by atoms with Crippen LogP contribution in [0.15, 0.2) is 36.4 Å². The van der Waals surface area contributed by atoms with Gasteiger partial charge in [-0.05, 0) is 44.2 Å². The molecule has 1 aromatic carbocycles. The maximum Gasteiger partial charge on any atom is 0.0600 e. The first kappa shape index (κ1) is 15.5. The van der Waals surface area contributed by atoms with Gasteiger partial charge in [-0.25, -0.2) is 0 Å². The van der Waals surface area contributed by atoms with Crippen molar-refractivity contribution in [1.82, 2.24) is 10.3 Å². The highest BCUT2D eigenvalue weighted by Crippen LogP contribution is 2.21. The molecule has 0 atom stereocenters. The van der Waals surface area contributed by atoms with Crippen LogP contribution >= 0.6 is 0 Å². The number of hydrogen-bond acceptors (Lipinski definition) is 3. The second-order valence-electron chi connectivity index (χ2n) is 5.55. The molecule has 2 rings (SSSR count). The van der Waals surface area contributed by atoms with E-state index in [0.717, 1.165) is 31.0 Å². The number of hydrogen-bond donors (Lipinski definition) is 1. The first-order valence-corrected chi connectivity index (χ1v) is 7.54. The van der Waals surface area contributed by atoms with Crippen molar-refractivity contribution in [2.45, 2.75) is 33.9 Å². The van der Waals surface area contributed by atoms with E-state index < -0.39 is 0 Å². The molecule has 0 saturated carbocycles. The van der Waals surface area contributed by atoms with E-state index >= 15 is 0 Å². The predicted molar refractivity (Wildman–Crippen MR) is 89.6 cm³/mol. The third-order valence-corrected chi connectivity index (χ3v) is 3.58. The Morgan fingerprint density at radius 3 is 2.57 bits per heavy atom. The van der Waals surface area contributed by atoms with Crippen LogP contribution in [0.1, 0.15) is 29.4 Å². The Hall–Kier alpha value is -1.87. The van der Waals surface area contributed by atoms with Crippen molar-refractivity contribution in [3.05, 3.63) is 58.9 Å². The monoisotopic (exact) mass is 283 g/mol. The maximum atomic E-state index is 4.72. The van der Waals surface area contributed by atoms with E-state index in [1.165, 1.54) is 16.8 Å². The minimum Gasteiger partial charge on any atom is -0.368 e. The summed E-state index contributed by atoms with van der Waals surface area (Å²) in [5.74, 6) is 0. The van der Waals surface area contributed by atoms with E-state index in [1.807, 2.05) is 0 Å². The van der Waals surface area contributed by atoms with Crippen LogP contribution in [0.3, 0.4) is 0 Å². The van der Waals surface area contributed by atoms with Gasteiger partial charge in [0.2, 0.25) is 0 Å². The summed E-state index contributed by atoms with van der Waals surface area (Å²) in [6.07, 6.45) is 0. The highest BCUT2D eigenvalue weighted by molar-refractivity contribution is 5.53. The molecular weight excluding hydrogens is 258 g/mol. The number of aryl methyl sites for hydroxylation is 2. The van der Waals surface area contributed by atoms with Crippen LogP contribution in [0.25, 0.3) is 0 Å². The van der Waals surface area contributed by atoms with Crippen molar-refractivity contribution in [3.8, 4) is 0 Å². The number of nitrogens with zero attached hydrogens (tertiary/aromatic N) is 2. The lowest BCUT2D eigenvalue weighted by Gasteiger charge is -2.21. The molecule has 0 radical (unpaired) electrons. The van der Waals surface area contributed by atoms with Crippen LogP contribution < -0.4 is 10.2 Å². The van der Waals surface area contributed by atoms with Crippen LogP contribution in [0.4, 0.5) is 5.69 Å². The molecule has 21 heavy (non-hydrogen) atoms. The van der Waals surface area contributed by atoms with Gasteiger partial charge in [0.05, 0.1) is 17.9 Å². The first-order chi connectivity index (χ1) is 10.1. The van der Waals surface area contributed by atoms with Gasteiger partial charge in [0, 0.05) is 19.3 Å². The Labute approximate surface area is 128 Å². The van der Waals surface area contributed by atoms with Crippen LogP contribution in [-0.2, 0) is 13.1 Å². The summed E-state index contributed by atoms with van der Waals surface area (Å²) in [7, 11) is 2.12. The molecule has 3 heteroatoms. The van der Waals surface area contributed by atoms with Gasteiger partial charge in [-0.2, -0.15) is 0 Å². The maximum absolute atomic E-state index is 4.72. The van der Waals surface area contributed by atoms with Crippen molar-refractivity contribution in [3.63, 3.8) is 0 Å². The zero-order valence-electron chi connectivity index (χ0n) is 13.5. The summed E-state index contributed by atoms with van der Waals surface area (Å²) in [5, 5.41) is 3.32. The highest BCUT2D eigenvalue weighted by Gasteiger charge is 2.07. The summed E-state index contributed by atoms with van der Waals surface area (Å²) in [5.41, 5.74) is 6.08. The van der Waals surface area contributed by atoms with Gasteiger partial charge in [-0.15, -0.1) is 0 Å². The average molecular weight is 283 g/mol. The van der Waals surface area contributed by atoms with Gasteiger partial charge in [0.15, 0.2) is 0 Å². The van der Waals surface area contributed by atoms with Crippen molar-refractivity contribution in [2.75, 3.05) is 18.5 Å². The Bertz CT molecular complexity index is 593. The zero-order valence-corrected chi connectivity index (χ0v) is 13.5. The molecule has 0 saturated heterocycles. The Morgan fingerprint density at radius 1 is 1.10 bits per heavy atom. The van der Waals surface area contributed by atoms with E-state index in [-0.39, 0.29) is 0 Å². The number of aromatic nitrogens is 1. The van der Waals surface area contributed by atoms with Gasteiger partial charge in [-0.3, -0.25) is 4.98 Å². The second kappa shape index (κ2) is 7.23. The fourth-order valence-corrected chi connectivity index (χ4v) is 2.53. The number of anilines is 1.